The molecule has 0 saturated carbocycles. The predicted molar refractivity (Wildman–Crippen MR) is 90.9 cm³/mol. The van der Waals surface area contributed by atoms with Crippen molar-refractivity contribution in [2.75, 3.05) is 18.9 Å². The van der Waals surface area contributed by atoms with E-state index in [9.17, 15) is 18.0 Å². The number of hydrogen-bond acceptors (Lipinski definition) is 6. The quantitative estimate of drug-likeness (QED) is 0.750. The standard InChI is InChI=1S/C17H21F3N4O3/c1-11(2)8-14-22-16(27-23-14)10-24(3)9-15(25)21-12-4-6-13(7-5-12)26-17(18,19)20/h4-7,11H,8-10H2,1-3H3,(H,21,25). The van der Waals surface area contributed by atoms with E-state index in [1.165, 1.54) is 12.1 Å². The minimum absolute atomic E-state index is 0.0443. The Morgan fingerprint density at radius 2 is 1.96 bits per heavy atom. The van der Waals surface area contributed by atoms with E-state index in [-0.39, 0.29) is 18.2 Å². The summed E-state index contributed by atoms with van der Waals surface area (Å²) in [4.78, 5) is 18.0. The first-order valence-corrected chi connectivity index (χ1v) is 8.26. The average Bonchev–Trinajstić information content (AvgIpc) is 2.93. The molecule has 0 spiro atoms. The van der Waals surface area contributed by atoms with Crippen molar-refractivity contribution in [1.29, 1.82) is 0 Å². The van der Waals surface area contributed by atoms with Gasteiger partial charge < -0.3 is 14.6 Å². The molecule has 1 aromatic heterocycles. The van der Waals surface area contributed by atoms with Gasteiger partial charge in [0.15, 0.2) is 5.82 Å². The van der Waals surface area contributed by atoms with Crippen LogP contribution in [0.2, 0.25) is 0 Å². The van der Waals surface area contributed by atoms with Gasteiger partial charge in [0.05, 0.1) is 13.1 Å². The summed E-state index contributed by atoms with van der Waals surface area (Å²) in [6, 6.07) is 4.91. The summed E-state index contributed by atoms with van der Waals surface area (Å²) in [5.41, 5.74) is 0.361. The topological polar surface area (TPSA) is 80.5 Å². The number of halogens is 3. The molecule has 7 nitrogen and oxygen atoms in total. The molecule has 1 heterocycles. The van der Waals surface area contributed by atoms with Crippen LogP contribution in [0.5, 0.6) is 5.75 Å². The van der Waals surface area contributed by atoms with Gasteiger partial charge in [0, 0.05) is 12.1 Å². The van der Waals surface area contributed by atoms with Crippen LogP contribution in [0.4, 0.5) is 18.9 Å². The van der Waals surface area contributed by atoms with Crippen molar-refractivity contribution in [2.24, 2.45) is 5.92 Å². The summed E-state index contributed by atoms with van der Waals surface area (Å²) in [7, 11) is 1.71. The van der Waals surface area contributed by atoms with Gasteiger partial charge >= 0.3 is 6.36 Å². The second-order valence-electron chi connectivity index (χ2n) is 6.49. The summed E-state index contributed by atoms with van der Waals surface area (Å²) in [6.45, 7) is 4.45. The van der Waals surface area contributed by atoms with Crippen LogP contribution >= 0.6 is 0 Å². The molecule has 2 aromatic rings. The third kappa shape index (κ3) is 7.65. The maximum Gasteiger partial charge on any atom is 0.573 e. The second kappa shape index (κ2) is 8.85. The molecular weight excluding hydrogens is 365 g/mol. The monoisotopic (exact) mass is 386 g/mol. The zero-order chi connectivity index (χ0) is 20.0. The first-order valence-electron chi connectivity index (χ1n) is 8.26. The predicted octanol–water partition coefficient (Wildman–Crippen LogP) is 3.24. The molecule has 1 aromatic carbocycles. The normalized spacial score (nSPS) is 11.9. The number of aromatic nitrogens is 2. The van der Waals surface area contributed by atoms with Gasteiger partial charge in [0.2, 0.25) is 11.8 Å². The summed E-state index contributed by atoms with van der Waals surface area (Å²) >= 11 is 0. The molecule has 0 aliphatic carbocycles. The van der Waals surface area contributed by atoms with Crippen LogP contribution < -0.4 is 10.1 Å². The van der Waals surface area contributed by atoms with Gasteiger partial charge in [-0.15, -0.1) is 13.2 Å². The van der Waals surface area contributed by atoms with Crippen molar-refractivity contribution < 1.29 is 27.2 Å². The van der Waals surface area contributed by atoms with Crippen LogP contribution in [0.3, 0.4) is 0 Å². The smallest absolute Gasteiger partial charge is 0.406 e. The number of benzene rings is 1. The number of rotatable bonds is 8. The Balaban J connectivity index is 1.81. The number of amides is 1. The molecule has 1 N–H and O–H groups in total. The lowest BCUT2D eigenvalue weighted by Crippen LogP contribution is -2.30. The molecule has 0 aliphatic heterocycles. The summed E-state index contributed by atoms with van der Waals surface area (Å²) in [5, 5.41) is 6.48. The highest BCUT2D eigenvalue weighted by Crippen LogP contribution is 2.23. The summed E-state index contributed by atoms with van der Waals surface area (Å²) in [5.74, 6) is 0.760. The maximum atomic E-state index is 12.1. The van der Waals surface area contributed by atoms with Gasteiger partial charge in [-0.25, -0.2) is 0 Å². The average molecular weight is 386 g/mol. The third-order valence-electron chi connectivity index (χ3n) is 3.29. The number of anilines is 1. The molecular formula is C17H21F3N4O3. The lowest BCUT2D eigenvalue weighted by atomic mass is 10.1. The molecule has 0 bridgehead atoms. The number of likely N-dealkylation sites (N-methyl/N-ethyl adjacent to an activating group) is 1. The molecule has 1 amide bonds. The van der Waals surface area contributed by atoms with Crippen molar-refractivity contribution >= 4 is 11.6 Å². The third-order valence-corrected chi connectivity index (χ3v) is 3.29. The molecule has 0 atom stereocenters. The van der Waals surface area contributed by atoms with Gasteiger partial charge in [-0.1, -0.05) is 19.0 Å². The minimum Gasteiger partial charge on any atom is -0.406 e. The van der Waals surface area contributed by atoms with Gasteiger partial charge in [-0.3, -0.25) is 9.69 Å². The van der Waals surface area contributed by atoms with Crippen LogP contribution in [-0.4, -0.2) is 40.9 Å². The molecule has 0 unspecified atom stereocenters. The molecule has 0 radical (unpaired) electrons. The van der Waals surface area contributed by atoms with Crippen molar-refractivity contribution in [2.45, 2.75) is 33.2 Å². The van der Waals surface area contributed by atoms with Crippen LogP contribution in [0.15, 0.2) is 28.8 Å². The Hall–Kier alpha value is -2.62. The highest BCUT2D eigenvalue weighted by atomic mass is 19.4. The van der Waals surface area contributed by atoms with E-state index in [1.807, 2.05) is 13.8 Å². The Morgan fingerprint density at radius 3 is 2.56 bits per heavy atom. The fourth-order valence-corrected chi connectivity index (χ4v) is 2.27. The number of alkyl halides is 3. The number of nitrogens with zero attached hydrogens (tertiary/aromatic N) is 3. The van der Waals surface area contributed by atoms with Crippen LogP contribution in [0, 0.1) is 5.92 Å². The van der Waals surface area contributed by atoms with Gasteiger partial charge in [0.25, 0.3) is 0 Å². The largest absolute Gasteiger partial charge is 0.573 e. The van der Waals surface area contributed by atoms with Crippen molar-refractivity contribution in [3.8, 4) is 5.75 Å². The number of ether oxygens (including phenoxy) is 1. The Bertz CT molecular complexity index is 745. The van der Waals surface area contributed by atoms with E-state index in [4.69, 9.17) is 4.52 Å². The highest BCUT2D eigenvalue weighted by Gasteiger charge is 2.30. The van der Waals surface area contributed by atoms with E-state index in [2.05, 4.69) is 20.2 Å². The SMILES string of the molecule is CC(C)Cc1noc(CN(C)CC(=O)Nc2ccc(OC(F)(F)F)cc2)n1. The van der Waals surface area contributed by atoms with Gasteiger partial charge in [-0.2, -0.15) is 4.98 Å². The number of hydrogen-bond donors (Lipinski definition) is 1. The first-order chi connectivity index (χ1) is 12.6. The highest BCUT2D eigenvalue weighted by molar-refractivity contribution is 5.92. The Morgan fingerprint density at radius 1 is 1.30 bits per heavy atom. The van der Waals surface area contributed by atoms with E-state index in [0.29, 0.717) is 36.3 Å². The van der Waals surface area contributed by atoms with Gasteiger partial charge in [-0.05, 0) is 37.2 Å². The van der Waals surface area contributed by atoms with Crippen LogP contribution in [-0.2, 0) is 17.8 Å². The van der Waals surface area contributed by atoms with E-state index in [1.54, 1.807) is 11.9 Å². The Kier molecular flexibility index (Phi) is 6.78. The van der Waals surface area contributed by atoms with E-state index >= 15 is 0 Å². The number of carbonyl (C=O) groups is 1. The van der Waals surface area contributed by atoms with E-state index < -0.39 is 6.36 Å². The van der Waals surface area contributed by atoms with Crippen molar-refractivity contribution in [1.82, 2.24) is 15.0 Å². The van der Waals surface area contributed by atoms with Gasteiger partial charge in [0.1, 0.15) is 5.75 Å². The molecule has 27 heavy (non-hydrogen) atoms. The zero-order valence-corrected chi connectivity index (χ0v) is 15.2. The van der Waals surface area contributed by atoms with Crippen LogP contribution in [0.25, 0.3) is 0 Å². The lowest BCUT2D eigenvalue weighted by Gasteiger charge is -2.14. The fourth-order valence-electron chi connectivity index (χ4n) is 2.27. The molecule has 2 rings (SSSR count). The first kappa shape index (κ1) is 20.7. The fraction of sp³-hybridized carbons (Fsp3) is 0.471. The number of nitrogens with one attached hydrogen (secondary N) is 1. The molecule has 0 fully saturated rings. The zero-order valence-electron chi connectivity index (χ0n) is 15.2. The summed E-state index contributed by atoms with van der Waals surface area (Å²) < 4.78 is 45.3. The second-order valence-corrected chi connectivity index (χ2v) is 6.49. The Labute approximate surface area is 154 Å². The van der Waals surface area contributed by atoms with Crippen molar-refractivity contribution in [3.63, 3.8) is 0 Å². The lowest BCUT2D eigenvalue weighted by molar-refractivity contribution is -0.274. The minimum atomic E-state index is -4.75. The molecule has 148 valence electrons. The van der Waals surface area contributed by atoms with Crippen LogP contribution in [0.1, 0.15) is 25.6 Å². The summed E-state index contributed by atoms with van der Waals surface area (Å²) in [6.07, 6.45) is -4.04. The van der Waals surface area contributed by atoms with Crippen molar-refractivity contribution in [3.05, 3.63) is 36.0 Å². The molecule has 10 heteroatoms. The number of carbonyl (C=O) groups excluding carboxylic acids is 1. The molecule has 0 saturated heterocycles. The van der Waals surface area contributed by atoms with E-state index in [0.717, 1.165) is 12.1 Å². The maximum absolute atomic E-state index is 12.1. The molecule has 0 aliphatic rings.